The molecule has 8 nitrogen and oxygen atoms in total. The van der Waals surface area contributed by atoms with Crippen LogP contribution in [-0.4, -0.2) is 37.3 Å². The van der Waals surface area contributed by atoms with Crippen LogP contribution in [0.3, 0.4) is 0 Å². The van der Waals surface area contributed by atoms with E-state index in [2.05, 4.69) is 32.4 Å². The third kappa shape index (κ3) is 6.19. The van der Waals surface area contributed by atoms with Gasteiger partial charge in [-0.2, -0.15) is 0 Å². The number of halogens is 1. The highest BCUT2D eigenvalue weighted by atomic mass is 32.2. The highest BCUT2D eigenvalue weighted by molar-refractivity contribution is 7.99. The van der Waals surface area contributed by atoms with Gasteiger partial charge in [-0.1, -0.05) is 60.3 Å². The van der Waals surface area contributed by atoms with Crippen LogP contribution in [0.15, 0.2) is 77.8 Å². The Morgan fingerprint density at radius 3 is 2.66 bits per heavy atom. The maximum atomic E-state index is 13.8. The molecule has 0 radical (unpaired) electrons. The van der Waals surface area contributed by atoms with Crippen molar-refractivity contribution in [3.63, 3.8) is 0 Å². The van der Waals surface area contributed by atoms with Crippen molar-refractivity contribution in [3.8, 4) is 11.3 Å². The standard InChI is InChI=1S/C24H21FN6O2S2/c1-2-12-31-20(13-26-22(33)17-10-6-7-11-18(17)25)29-30-24(31)35-15-21(32)28-23-27-19(14-34-23)16-8-4-3-5-9-16/h2-11,14H,1,12-13,15H2,(H,26,33)(H,27,28,32). The molecule has 0 aliphatic heterocycles. The molecule has 178 valence electrons. The SMILES string of the molecule is C=CCn1c(CNC(=O)c2ccccc2F)nnc1SCC(=O)Nc1nc(-c2ccccc2)cs1. The lowest BCUT2D eigenvalue weighted by Crippen LogP contribution is -2.25. The van der Waals surface area contributed by atoms with Crippen molar-refractivity contribution < 1.29 is 14.0 Å². The van der Waals surface area contributed by atoms with Crippen molar-refractivity contribution in [1.29, 1.82) is 0 Å². The minimum atomic E-state index is -0.601. The Bertz CT molecular complexity index is 1340. The van der Waals surface area contributed by atoms with Gasteiger partial charge in [0.05, 0.1) is 23.6 Å². The van der Waals surface area contributed by atoms with E-state index >= 15 is 0 Å². The number of rotatable bonds is 10. The van der Waals surface area contributed by atoms with E-state index in [0.717, 1.165) is 11.3 Å². The Labute approximate surface area is 209 Å². The van der Waals surface area contributed by atoms with Crippen molar-refractivity contribution in [1.82, 2.24) is 25.1 Å². The van der Waals surface area contributed by atoms with Crippen LogP contribution in [0.5, 0.6) is 0 Å². The van der Waals surface area contributed by atoms with Gasteiger partial charge in [-0.25, -0.2) is 9.37 Å². The minimum absolute atomic E-state index is 0.0438. The number of amides is 2. The van der Waals surface area contributed by atoms with Crippen molar-refractivity contribution in [2.45, 2.75) is 18.2 Å². The molecule has 4 rings (SSSR count). The van der Waals surface area contributed by atoms with Crippen molar-refractivity contribution in [2.24, 2.45) is 0 Å². The van der Waals surface area contributed by atoms with E-state index in [-0.39, 0.29) is 23.8 Å². The van der Waals surface area contributed by atoms with Crippen LogP contribution in [0.4, 0.5) is 9.52 Å². The molecule has 0 aliphatic rings. The molecule has 2 N–H and O–H groups in total. The molecule has 11 heteroatoms. The molecular formula is C24H21FN6O2S2. The molecule has 0 bridgehead atoms. The molecule has 2 heterocycles. The number of nitrogens with zero attached hydrogens (tertiary/aromatic N) is 4. The van der Waals surface area contributed by atoms with Gasteiger partial charge in [0, 0.05) is 17.5 Å². The largest absolute Gasteiger partial charge is 0.345 e. The summed E-state index contributed by atoms with van der Waals surface area (Å²) in [5.74, 6) is -0.826. The van der Waals surface area contributed by atoms with E-state index in [1.165, 1.54) is 41.3 Å². The molecule has 0 unspecified atom stereocenters. The lowest BCUT2D eigenvalue weighted by Gasteiger charge is -2.09. The predicted octanol–water partition coefficient (Wildman–Crippen LogP) is 4.39. The maximum absolute atomic E-state index is 13.8. The zero-order valence-electron chi connectivity index (χ0n) is 18.5. The van der Waals surface area contributed by atoms with E-state index in [1.54, 1.807) is 16.7 Å². The Kier molecular flexibility index (Phi) is 8.01. The van der Waals surface area contributed by atoms with Crippen LogP contribution in [-0.2, 0) is 17.9 Å². The van der Waals surface area contributed by atoms with E-state index in [0.29, 0.717) is 22.7 Å². The summed E-state index contributed by atoms with van der Waals surface area (Å²) in [6.45, 7) is 4.17. The number of nitrogens with one attached hydrogen (secondary N) is 2. The van der Waals surface area contributed by atoms with Crippen LogP contribution >= 0.6 is 23.1 Å². The monoisotopic (exact) mass is 508 g/mol. The molecular weight excluding hydrogens is 487 g/mol. The first-order valence-electron chi connectivity index (χ1n) is 10.5. The molecule has 2 aromatic carbocycles. The van der Waals surface area contributed by atoms with Gasteiger partial charge in [-0.05, 0) is 12.1 Å². The number of allylic oxidation sites excluding steroid dienone is 1. The average molecular weight is 509 g/mol. The van der Waals surface area contributed by atoms with E-state index in [9.17, 15) is 14.0 Å². The van der Waals surface area contributed by atoms with Gasteiger partial charge in [-0.3, -0.25) is 9.59 Å². The fourth-order valence-corrected chi connectivity index (χ4v) is 4.63. The summed E-state index contributed by atoms with van der Waals surface area (Å²) in [6.07, 6.45) is 1.66. The number of carbonyl (C=O) groups is 2. The molecule has 2 amide bonds. The maximum Gasteiger partial charge on any atom is 0.254 e. The third-order valence-electron chi connectivity index (χ3n) is 4.78. The lowest BCUT2D eigenvalue weighted by molar-refractivity contribution is -0.113. The molecule has 4 aromatic rings. The zero-order valence-corrected chi connectivity index (χ0v) is 20.1. The second kappa shape index (κ2) is 11.5. The molecule has 0 aliphatic carbocycles. The quantitative estimate of drug-likeness (QED) is 0.243. The van der Waals surface area contributed by atoms with E-state index in [4.69, 9.17) is 0 Å². The minimum Gasteiger partial charge on any atom is -0.345 e. The molecule has 0 fully saturated rings. The third-order valence-corrected chi connectivity index (χ3v) is 6.51. The van der Waals surface area contributed by atoms with Gasteiger partial charge in [0.15, 0.2) is 16.1 Å². The second-order valence-corrected chi connectivity index (χ2v) is 9.00. The van der Waals surface area contributed by atoms with Crippen LogP contribution in [0, 0.1) is 5.82 Å². The van der Waals surface area contributed by atoms with Crippen LogP contribution in [0.2, 0.25) is 0 Å². The summed E-state index contributed by atoms with van der Waals surface area (Å²) in [4.78, 5) is 29.2. The molecule has 35 heavy (non-hydrogen) atoms. The molecule has 0 saturated heterocycles. The summed E-state index contributed by atoms with van der Waals surface area (Å²) in [5.41, 5.74) is 1.73. The average Bonchev–Trinajstić information content (AvgIpc) is 3.49. The number of benzene rings is 2. The topological polar surface area (TPSA) is 102 Å². The predicted molar refractivity (Wildman–Crippen MR) is 135 cm³/mol. The van der Waals surface area contributed by atoms with E-state index < -0.39 is 11.7 Å². The Balaban J connectivity index is 1.35. The van der Waals surface area contributed by atoms with Crippen molar-refractivity contribution in [3.05, 3.63) is 89.8 Å². The summed E-state index contributed by atoms with van der Waals surface area (Å²) in [6, 6.07) is 15.5. The van der Waals surface area contributed by atoms with E-state index in [1.807, 2.05) is 35.7 Å². The summed E-state index contributed by atoms with van der Waals surface area (Å²) in [5, 5.41) is 16.6. The number of anilines is 1. The van der Waals surface area contributed by atoms with Gasteiger partial charge in [0.25, 0.3) is 5.91 Å². The smallest absolute Gasteiger partial charge is 0.254 e. The fourth-order valence-electron chi connectivity index (χ4n) is 3.13. The van der Waals surface area contributed by atoms with Crippen LogP contribution < -0.4 is 10.6 Å². The Morgan fingerprint density at radius 2 is 1.89 bits per heavy atom. The number of thioether (sulfide) groups is 1. The molecule has 2 aromatic heterocycles. The number of hydrogen-bond acceptors (Lipinski definition) is 7. The Hall–Kier alpha value is -3.83. The van der Waals surface area contributed by atoms with Gasteiger partial charge < -0.3 is 15.2 Å². The summed E-state index contributed by atoms with van der Waals surface area (Å²) in [7, 11) is 0. The first kappa shape index (κ1) is 24.3. The molecule has 0 atom stereocenters. The number of aromatic nitrogens is 4. The van der Waals surface area contributed by atoms with Crippen LogP contribution in [0.1, 0.15) is 16.2 Å². The van der Waals surface area contributed by atoms with Gasteiger partial charge in [0.1, 0.15) is 5.82 Å². The fraction of sp³-hybridized carbons (Fsp3) is 0.125. The number of thiazole rings is 1. The summed E-state index contributed by atoms with van der Waals surface area (Å²) >= 11 is 2.56. The van der Waals surface area contributed by atoms with Crippen LogP contribution in [0.25, 0.3) is 11.3 Å². The lowest BCUT2D eigenvalue weighted by atomic mass is 10.2. The Morgan fingerprint density at radius 1 is 1.11 bits per heavy atom. The van der Waals surface area contributed by atoms with Crippen molar-refractivity contribution in [2.75, 3.05) is 11.1 Å². The summed E-state index contributed by atoms with van der Waals surface area (Å²) < 4.78 is 15.6. The number of hydrogen-bond donors (Lipinski definition) is 2. The molecule has 0 saturated carbocycles. The van der Waals surface area contributed by atoms with Gasteiger partial charge in [-0.15, -0.1) is 28.1 Å². The number of carbonyl (C=O) groups excluding carboxylic acids is 2. The molecule has 0 spiro atoms. The second-order valence-electron chi connectivity index (χ2n) is 7.20. The highest BCUT2D eigenvalue weighted by Gasteiger charge is 2.16. The normalized spacial score (nSPS) is 10.7. The first-order valence-corrected chi connectivity index (χ1v) is 12.4. The zero-order chi connectivity index (χ0) is 24.6. The van der Waals surface area contributed by atoms with Crippen molar-refractivity contribution >= 4 is 40.0 Å². The first-order chi connectivity index (χ1) is 17.0. The highest BCUT2D eigenvalue weighted by Crippen LogP contribution is 2.25. The van der Waals surface area contributed by atoms with Gasteiger partial charge >= 0.3 is 0 Å². The van der Waals surface area contributed by atoms with Gasteiger partial charge in [0.2, 0.25) is 5.91 Å².